The number of hydrogen-bond donors (Lipinski definition) is 1. The van der Waals surface area contributed by atoms with E-state index in [1.54, 1.807) is 6.07 Å². The molecule has 1 aliphatic carbocycles. The van der Waals surface area contributed by atoms with Gasteiger partial charge in [-0.1, -0.05) is 6.07 Å². The summed E-state index contributed by atoms with van der Waals surface area (Å²) in [5.74, 6) is -0.233. The van der Waals surface area contributed by atoms with Crippen LogP contribution in [0.4, 0.5) is 4.39 Å². The van der Waals surface area contributed by atoms with Crippen molar-refractivity contribution in [2.24, 2.45) is 5.73 Å². The van der Waals surface area contributed by atoms with Crippen molar-refractivity contribution in [1.82, 2.24) is 0 Å². The zero-order valence-corrected chi connectivity index (χ0v) is 8.71. The van der Waals surface area contributed by atoms with Gasteiger partial charge in [0.25, 0.3) is 0 Å². The average Bonchev–Trinajstić information content (AvgIpc) is 2.17. The van der Waals surface area contributed by atoms with Crippen LogP contribution in [0.25, 0.3) is 0 Å². The molecule has 0 heterocycles. The fraction of sp³-hybridized carbons (Fsp3) is 0.500. The van der Waals surface area contributed by atoms with Crippen LogP contribution in [-0.4, -0.2) is 6.10 Å². The number of halogens is 1. The summed E-state index contributed by atoms with van der Waals surface area (Å²) in [6.07, 6.45) is 3.97. The van der Waals surface area contributed by atoms with Crippen LogP contribution in [0.5, 0.6) is 0 Å². The van der Waals surface area contributed by atoms with E-state index in [-0.39, 0.29) is 5.82 Å². The third-order valence-corrected chi connectivity index (χ3v) is 2.91. The fourth-order valence-corrected chi connectivity index (χ4v) is 1.67. The SMILES string of the molecule is NCc1cc(F)ccc1COC1CCC1. The van der Waals surface area contributed by atoms with Gasteiger partial charge in [-0.15, -0.1) is 0 Å². The topological polar surface area (TPSA) is 35.2 Å². The Morgan fingerprint density at radius 3 is 2.73 bits per heavy atom. The van der Waals surface area contributed by atoms with Gasteiger partial charge in [-0.25, -0.2) is 4.39 Å². The minimum absolute atomic E-state index is 0.233. The monoisotopic (exact) mass is 209 g/mol. The van der Waals surface area contributed by atoms with Crippen molar-refractivity contribution in [2.75, 3.05) is 0 Å². The first-order chi connectivity index (χ1) is 7.29. The lowest BCUT2D eigenvalue weighted by Gasteiger charge is -2.25. The van der Waals surface area contributed by atoms with Crippen LogP contribution in [0.2, 0.25) is 0 Å². The van der Waals surface area contributed by atoms with Crippen molar-refractivity contribution >= 4 is 0 Å². The Morgan fingerprint density at radius 2 is 2.13 bits per heavy atom. The third-order valence-electron chi connectivity index (χ3n) is 2.91. The highest BCUT2D eigenvalue weighted by Gasteiger charge is 2.18. The van der Waals surface area contributed by atoms with Crippen LogP contribution in [0.1, 0.15) is 30.4 Å². The van der Waals surface area contributed by atoms with E-state index in [1.165, 1.54) is 18.6 Å². The average molecular weight is 209 g/mol. The molecule has 0 amide bonds. The molecule has 2 rings (SSSR count). The Bertz CT molecular complexity index is 336. The summed E-state index contributed by atoms with van der Waals surface area (Å²) < 4.78 is 18.6. The second-order valence-corrected chi connectivity index (χ2v) is 3.98. The fourth-order valence-electron chi connectivity index (χ4n) is 1.67. The molecule has 0 aliphatic heterocycles. The lowest BCUT2D eigenvalue weighted by molar-refractivity contribution is -0.00895. The van der Waals surface area contributed by atoms with Crippen LogP contribution in [0.15, 0.2) is 18.2 Å². The van der Waals surface area contributed by atoms with E-state index in [9.17, 15) is 4.39 Å². The van der Waals surface area contributed by atoms with Gasteiger partial charge in [-0.2, -0.15) is 0 Å². The van der Waals surface area contributed by atoms with E-state index in [0.29, 0.717) is 19.3 Å². The summed E-state index contributed by atoms with van der Waals surface area (Å²) in [6, 6.07) is 4.70. The lowest BCUT2D eigenvalue weighted by atomic mass is 9.96. The number of benzene rings is 1. The molecule has 15 heavy (non-hydrogen) atoms. The molecule has 1 aromatic carbocycles. The van der Waals surface area contributed by atoms with Crippen molar-refractivity contribution in [3.05, 3.63) is 35.1 Å². The second-order valence-electron chi connectivity index (χ2n) is 3.98. The van der Waals surface area contributed by atoms with E-state index in [1.807, 2.05) is 0 Å². The van der Waals surface area contributed by atoms with Gasteiger partial charge in [-0.05, 0) is 42.5 Å². The van der Waals surface area contributed by atoms with Gasteiger partial charge >= 0.3 is 0 Å². The van der Waals surface area contributed by atoms with Crippen LogP contribution in [0.3, 0.4) is 0 Å². The highest BCUT2D eigenvalue weighted by atomic mass is 19.1. The molecule has 1 aromatic rings. The van der Waals surface area contributed by atoms with Crippen LogP contribution in [-0.2, 0) is 17.9 Å². The number of rotatable bonds is 4. The van der Waals surface area contributed by atoms with Gasteiger partial charge < -0.3 is 10.5 Å². The van der Waals surface area contributed by atoms with E-state index in [0.717, 1.165) is 24.0 Å². The first-order valence-corrected chi connectivity index (χ1v) is 5.38. The Kier molecular flexibility index (Phi) is 3.34. The molecule has 0 saturated heterocycles. The van der Waals surface area contributed by atoms with E-state index in [2.05, 4.69) is 0 Å². The maximum absolute atomic E-state index is 12.9. The van der Waals surface area contributed by atoms with Crippen LogP contribution < -0.4 is 5.73 Å². The predicted molar refractivity (Wildman–Crippen MR) is 56.7 cm³/mol. The highest BCUT2D eigenvalue weighted by Crippen LogP contribution is 2.23. The number of nitrogens with two attached hydrogens (primary N) is 1. The molecule has 0 aromatic heterocycles. The zero-order chi connectivity index (χ0) is 10.7. The summed E-state index contributed by atoms with van der Waals surface area (Å²) in [7, 11) is 0. The van der Waals surface area contributed by atoms with Crippen molar-refractivity contribution in [1.29, 1.82) is 0 Å². The minimum atomic E-state index is -0.233. The summed E-state index contributed by atoms with van der Waals surface area (Å²) in [4.78, 5) is 0. The molecule has 3 heteroatoms. The molecule has 0 radical (unpaired) electrons. The number of ether oxygens (including phenoxy) is 1. The Labute approximate surface area is 89.2 Å². The van der Waals surface area contributed by atoms with Gasteiger partial charge in [0.05, 0.1) is 12.7 Å². The maximum Gasteiger partial charge on any atom is 0.123 e. The molecule has 2 N–H and O–H groups in total. The smallest absolute Gasteiger partial charge is 0.123 e. The molecule has 0 unspecified atom stereocenters. The van der Waals surface area contributed by atoms with Crippen molar-refractivity contribution in [3.8, 4) is 0 Å². The third kappa shape index (κ3) is 2.55. The van der Waals surface area contributed by atoms with Crippen molar-refractivity contribution in [2.45, 2.75) is 38.5 Å². The standard InChI is InChI=1S/C12H16FNO/c13-11-5-4-9(10(6-11)7-14)8-15-12-2-1-3-12/h4-6,12H,1-3,7-8,14H2. The molecule has 0 spiro atoms. The molecule has 0 bridgehead atoms. The van der Waals surface area contributed by atoms with E-state index < -0.39 is 0 Å². The molecule has 0 atom stereocenters. The van der Waals surface area contributed by atoms with Gasteiger partial charge in [-0.3, -0.25) is 0 Å². The second kappa shape index (κ2) is 4.73. The van der Waals surface area contributed by atoms with Gasteiger partial charge in [0.1, 0.15) is 5.82 Å². The Hall–Kier alpha value is -0.930. The van der Waals surface area contributed by atoms with Crippen molar-refractivity contribution < 1.29 is 9.13 Å². The molecule has 1 aliphatic rings. The van der Waals surface area contributed by atoms with Crippen LogP contribution >= 0.6 is 0 Å². The van der Waals surface area contributed by atoms with Gasteiger partial charge in [0.15, 0.2) is 0 Å². The van der Waals surface area contributed by atoms with Crippen LogP contribution in [0, 0.1) is 5.82 Å². The maximum atomic E-state index is 12.9. The molecule has 1 fully saturated rings. The molecular formula is C12H16FNO. The van der Waals surface area contributed by atoms with Gasteiger partial charge in [0, 0.05) is 6.54 Å². The first kappa shape index (κ1) is 10.6. The highest BCUT2D eigenvalue weighted by molar-refractivity contribution is 5.27. The Morgan fingerprint density at radius 1 is 1.33 bits per heavy atom. The molecule has 1 saturated carbocycles. The predicted octanol–water partition coefficient (Wildman–Crippen LogP) is 2.35. The largest absolute Gasteiger partial charge is 0.374 e. The number of hydrogen-bond acceptors (Lipinski definition) is 2. The molecule has 82 valence electrons. The molecule has 2 nitrogen and oxygen atoms in total. The minimum Gasteiger partial charge on any atom is -0.374 e. The van der Waals surface area contributed by atoms with Crippen molar-refractivity contribution in [3.63, 3.8) is 0 Å². The normalized spacial score (nSPS) is 16.4. The summed E-state index contributed by atoms with van der Waals surface area (Å²) >= 11 is 0. The quantitative estimate of drug-likeness (QED) is 0.826. The summed E-state index contributed by atoms with van der Waals surface area (Å²) in [6.45, 7) is 0.915. The summed E-state index contributed by atoms with van der Waals surface area (Å²) in [5.41, 5.74) is 7.40. The first-order valence-electron chi connectivity index (χ1n) is 5.38. The van der Waals surface area contributed by atoms with E-state index >= 15 is 0 Å². The molecular weight excluding hydrogens is 193 g/mol. The van der Waals surface area contributed by atoms with E-state index in [4.69, 9.17) is 10.5 Å². The summed E-state index contributed by atoms with van der Waals surface area (Å²) in [5, 5.41) is 0. The Balaban J connectivity index is 1.99. The lowest BCUT2D eigenvalue weighted by Crippen LogP contribution is -2.21. The zero-order valence-electron chi connectivity index (χ0n) is 8.71. The van der Waals surface area contributed by atoms with Gasteiger partial charge in [0.2, 0.25) is 0 Å².